The highest BCUT2D eigenvalue weighted by Gasteiger charge is 2.23. The number of nitriles is 1. The number of fused-ring (bicyclic) bond motifs is 1. The molecule has 0 spiro atoms. The molecule has 4 rings (SSSR count). The first-order valence-electron chi connectivity index (χ1n) is 8.98. The molecular weight excluding hydrogens is 356 g/mol. The lowest BCUT2D eigenvalue weighted by Crippen LogP contribution is -2.47. The van der Waals surface area contributed by atoms with Crippen LogP contribution in [0.5, 0.6) is 0 Å². The van der Waals surface area contributed by atoms with Crippen LogP contribution in [-0.4, -0.2) is 41.1 Å². The standard InChI is InChI=1S/C20H18N6O2/c1-14-12-18(16-5-2-6-17(26(27)28)19(16)23-14)24-8-10-25(11-9-24)20-15(13-21)4-3-7-22-20/h2-7,12H,8-11H2,1H3. The Labute approximate surface area is 161 Å². The summed E-state index contributed by atoms with van der Waals surface area (Å²) in [5, 5.41) is 21.5. The van der Waals surface area contributed by atoms with Crippen LogP contribution in [0.25, 0.3) is 10.9 Å². The zero-order valence-corrected chi connectivity index (χ0v) is 15.4. The van der Waals surface area contributed by atoms with Gasteiger partial charge in [-0.25, -0.2) is 9.97 Å². The van der Waals surface area contributed by atoms with Gasteiger partial charge in [-0.2, -0.15) is 5.26 Å². The van der Waals surface area contributed by atoms with Crippen LogP contribution in [0, 0.1) is 28.4 Å². The molecule has 8 nitrogen and oxygen atoms in total. The molecule has 1 fully saturated rings. The van der Waals surface area contributed by atoms with E-state index in [1.165, 1.54) is 6.07 Å². The number of nitro groups is 1. The van der Waals surface area contributed by atoms with Crippen LogP contribution in [0.1, 0.15) is 11.3 Å². The second-order valence-corrected chi connectivity index (χ2v) is 6.67. The molecule has 8 heteroatoms. The van der Waals surface area contributed by atoms with E-state index in [1.54, 1.807) is 24.4 Å². The molecule has 1 aromatic carbocycles. The van der Waals surface area contributed by atoms with Crippen molar-refractivity contribution < 1.29 is 4.92 Å². The van der Waals surface area contributed by atoms with E-state index in [4.69, 9.17) is 0 Å². The molecule has 0 amide bonds. The maximum atomic E-state index is 11.4. The molecule has 0 unspecified atom stereocenters. The third-order valence-electron chi connectivity index (χ3n) is 4.95. The van der Waals surface area contributed by atoms with Gasteiger partial charge in [0.15, 0.2) is 5.52 Å². The first kappa shape index (κ1) is 17.7. The number of nitrogens with zero attached hydrogens (tertiary/aromatic N) is 6. The molecule has 0 saturated carbocycles. The van der Waals surface area contributed by atoms with Crippen LogP contribution in [0.15, 0.2) is 42.6 Å². The van der Waals surface area contributed by atoms with Gasteiger partial charge in [-0.15, -0.1) is 0 Å². The fourth-order valence-corrected chi connectivity index (χ4v) is 3.64. The van der Waals surface area contributed by atoms with Gasteiger partial charge in [0.2, 0.25) is 0 Å². The molecule has 2 aromatic heterocycles. The number of nitro benzene ring substituents is 1. The minimum Gasteiger partial charge on any atom is -0.367 e. The summed E-state index contributed by atoms with van der Waals surface area (Å²) >= 11 is 0. The van der Waals surface area contributed by atoms with E-state index < -0.39 is 0 Å². The Bertz CT molecular complexity index is 1100. The molecule has 1 saturated heterocycles. The molecular formula is C20H18N6O2. The fraction of sp³-hybridized carbons (Fsp3) is 0.250. The van der Waals surface area contributed by atoms with E-state index >= 15 is 0 Å². The Morgan fingerprint density at radius 2 is 1.89 bits per heavy atom. The highest BCUT2D eigenvalue weighted by atomic mass is 16.6. The average molecular weight is 374 g/mol. The average Bonchev–Trinajstić information content (AvgIpc) is 2.72. The van der Waals surface area contributed by atoms with Crippen molar-refractivity contribution in [3.63, 3.8) is 0 Å². The van der Waals surface area contributed by atoms with Gasteiger partial charge in [0.05, 0.1) is 10.5 Å². The number of hydrogen-bond donors (Lipinski definition) is 0. The van der Waals surface area contributed by atoms with E-state index in [1.807, 2.05) is 19.1 Å². The summed E-state index contributed by atoms with van der Waals surface area (Å²) in [6.07, 6.45) is 1.70. The molecule has 0 radical (unpaired) electrons. The summed E-state index contributed by atoms with van der Waals surface area (Å²) in [6.45, 7) is 4.72. The van der Waals surface area contributed by atoms with E-state index in [-0.39, 0.29) is 10.6 Å². The number of aromatic nitrogens is 2. The first-order chi connectivity index (χ1) is 13.6. The summed E-state index contributed by atoms with van der Waals surface area (Å²) in [7, 11) is 0. The minimum atomic E-state index is -0.388. The third kappa shape index (κ3) is 3.07. The molecule has 28 heavy (non-hydrogen) atoms. The molecule has 1 aliphatic rings. The van der Waals surface area contributed by atoms with Crippen molar-refractivity contribution in [2.75, 3.05) is 36.0 Å². The van der Waals surface area contributed by atoms with E-state index in [0.717, 1.165) is 29.9 Å². The number of rotatable bonds is 3. The monoisotopic (exact) mass is 374 g/mol. The van der Waals surface area contributed by atoms with Crippen LogP contribution < -0.4 is 9.80 Å². The van der Waals surface area contributed by atoms with Gasteiger partial charge < -0.3 is 9.80 Å². The number of anilines is 2. The summed E-state index contributed by atoms with van der Waals surface area (Å²) in [4.78, 5) is 24.1. The summed E-state index contributed by atoms with van der Waals surface area (Å²) < 4.78 is 0. The number of hydrogen-bond acceptors (Lipinski definition) is 7. The molecule has 1 aliphatic heterocycles. The normalized spacial score (nSPS) is 14.1. The largest absolute Gasteiger partial charge is 0.367 e. The van der Waals surface area contributed by atoms with Crippen LogP contribution >= 0.6 is 0 Å². The van der Waals surface area contributed by atoms with Crippen molar-refractivity contribution in [1.29, 1.82) is 5.26 Å². The van der Waals surface area contributed by atoms with E-state index in [0.29, 0.717) is 30.0 Å². The van der Waals surface area contributed by atoms with Gasteiger partial charge in [-0.05, 0) is 25.1 Å². The molecule has 0 aliphatic carbocycles. The number of aryl methyl sites for hydroxylation is 1. The third-order valence-corrected chi connectivity index (χ3v) is 4.95. The Morgan fingerprint density at radius 1 is 1.14 bits per heavy atom. The Balaban J connectivity index is 1.65. The van der Waals surface area contributed by atoms with Gasteiger partial charge in [-0.1, -0.05) is 12.1 Å². The van der Waals surface area contributed by atoms with Crippen LogP contribution in [0.3, 0.4) is 0 Å². The van der Waals surface area contributed by atoms with Crippen molar-refractivity contribution in [3.05, 3.63) is 64.0 Å². The summed E-state index contributed by atoms with van der Waals surface area (Å²) in [5.41, 5.74) is 2.70. The quantitative estimate of drug-likeness (QED) is 0.513. The molecule has 140 valence electrons. The zero-order valence-electron chi connectivity index (χ0n) is 15.4. The Morgan fingerprint density at radius 3 is 2.61 bits per heavy atom. The lowest BCUT2D eigenvalue weighted by Gasteiger charge is -2.37. The molecule has 0 bridgehead atoms. The first-order valence-corrected chi connectivity index (χ1v) is 8.98. The summed E-state index contributed by atoms with van der Waals surface area (Å²) in [6, 6.07) is 12.8. The summed E-state index contributed by atoms with van der Waals surface area (Å²) in [5.74, 6) is 0.705. The lowest BCUT2D eigenvalue weighted by atomic mass is 10.1. The predicted octanol–water partition coefficient (Wildman–Crippen LogP) is 3.04. The number of piperazine rings is 1. The number of pyridine rings is 2. The van der Waals surface area contributed by atoms with Crippen LogP contribution in [0.4, 0.5) is 17.2 Å². The van der Waals surface area contributed by atoms with Gasteiger partial charge >= 0.3 is 0 Å². The van der Waals surface area contributed by atoms with Crippen molar-refractivity contribution in [3.8, 4) is 6.07 Å². The maximum absolute atomic E-state index is 11.4. The van der Waals surface area contributed by atoms with Crippen LogP contribution in [-0.2, 0) is 0 Å². The maximum Gasteiger partial charge on any atom is 0.295 e. The fourth-order valence-electron chi connectivity index (χ4n) is 3.64. The molecule has 0 N–H and O–H groups in total. The Hall–Kier alpha value is -3.73. The zero-order chi connectivity index (χ0) is 19.7. The van der Waals surface area contributed by atoms with Crippen molar-refractivity contribution in [2.24, 2.45) is 0 Å². The molecule has 0 atom stereocenters. The topological polar surface area (TPSA) is 99.2 Å². The highest BCUT2D eigenvalue weighted by Crippen LogP contribution is 2.33. The van der Waals surface area contributed by atoms with Crippen molar-refractivity contribution >= 4 is 28.1 Å². The van der Waals surface area contributed by atoms with Gasteiger partial charge in [0, 0.05) is 55.2 Å². The van der Waals surface area contributed by atoms with Crippen molar-refractivity contribution in [2.45, 2.75) is 6.92 Å². The second kappa shape index (κ2) is 7.12. The van der Waals surface area contributed by atoms with E-state index in [9.17, 15) is 15.4 Å². The van der Waals surface area contributed by atoms with Gasteiger partial charge in [-0.3, -0.25) is 10.1 Å². The minimum absolute atomic E-state index is 0.0215. The SMILES string of the molecule is Cc1cc(N2CCN(c3ncccc3C#N)CC2)c2cccc([N+](=O)[O-])c2n1. The Kier molecular flexibility index (Phi) is 4.49. The lowest BCUT2D eigenvalue weighted by molar-refractivity contribution is -0.383. The second-order valence-electron chi connectivity index (χ2n) is 6.67. The smallest absolute Gasteiger partial charge is 0.295 e. The van der Waals surface area contributed by atoms with Gasteiger partial charge in [0.1, 0.15) is 11.9 Å². The van der Waals surface area contributed by atoms with Crippen molar-refractivity contribution in [1.82, 2.24) is 9.97 Å². The highest BCUT2D eigenvalue weighted by molar-refractivity contribution is 5.97. The van der Waals surface area contributed by atoms with Gasteiger partial charge in [0.25, 0.3) is 5.69 Å². The number of non-ortho nitro benzene ring substituents is 1. The number of para-hydroxylation sites is 1. The molecule has 3 heterocycles. The molecule has 3 aromatic rings. The van der Waals surface area contributed by atoms with E-state index in [2.05, 4.69) is 25.8 Å². The van der Waals surface area contributed by atoms with Crippen LogP contribution in [0.2, 0.25) is 0 Å². The number of benzene rings is 1. The predicted molar refractivity (Wildman–Crippen MR) is 107 cm³/mol.